The number of carbonyl (C=O) groups is 1. The first-order valence-corrected chi connectivity index (χ1v) is 11.3. The minimum Gasteiger partial charge on any atom is -0.345 e. The van der Waals surface area contributed by atoms with E-state index in [0.717, 1.165) is 25.7 Å². The number of benzene rings is 1. The zero-order valence-corrected chi connectivity index (χ0v) is 17.5. The van der Waals surface area contributed by atoms with Crippen LogP contribution in [0.25, 0.3) is 0 Å². The van der Waals surface area contributed by atoms with E-state index >= 15 is 0 Å². The summed E-state index contributed by atoms with van der Waals surface area (Å²) in [5, 5.41) is 9.59. The normalized spacial score (nSPS) is 15.9. The molecule has 1 aliphatic heterocycles. The molecule has 1 aliphatic rings. The summed E-state index contributed by atoms with van der Waals surface area (Å²) >= 11 is 5.13. The van der Waals surface area contributed by atoms with Crippen LogP contribution in [-0.4, -0.2) is 46.5 Å². The third kappa shape index (κ3) is 4.50. The molecule has 8 nitrogen and oxygen atoms in total. The molecule has 1 fully saturated rings. The Bertz CT molecular complexity index is 971. The van der Waals surface area contributed by atoms with Crippen LogP contribution in [0.4, 0.5) is 0 Å². The first kappa shape index (κ1) is 20.7. The van der Waals surface area contributed by atoms with E-state index in [2.05, 4.69) is 15.5 Å². The maximum atomic E-state index is 12.8. The molecule has 0 spiro atoms. The lowest BCUT2D eigenvalue weighted by molar-refractivity contribution is 0.0949. The number of amides is 1. The first-order chi connectivity index (χ1) is 13.4. The second-order valence-corrected chi connectivity index (χ2v) is 9.04. The molecule has 28 heavy (non-hydrogen) atoms. The molecule has 2 N–H and O–H groups in total. The van der Waals surface area contributed by atoms with Gasteiger partial charge in [0.1, 0.15) is 0 Å². The fraction of sp³-hybridized carbons (Fsp3) is 0.500. The van der Waals surface area contributed by atoms with Gasteiger partial charge in [-0.05, 0) is 56.2 Å². The summed E-state index contributed by atoms with van der Waals surface area (Å²) in [6.07, 6.45) is 3.89. The Morgan fingerprint density at radius 2 is 1.82 bits per heavy atom. The van der Waals surface area contributed by atoms with Crippen molar-refractivity contribution >= 4 is 28.1 Å². The topological polar surface area (TPSA) is 100 Å². The first-order valence-electron chi connectivity index (χ1n) is 9.46. The molecule has 0 bridgehead atoms. The summed E-state index contributed by atoms with van der Waals surface area (Å²) in [5.41, 5.74) is 0.395. The zero-order chi connectivity index (χ0) is 20.1. The smallest absolute Gasteiger partial charge is 0.251 e. The van der Waals surface area contributed by atoms with Gasteiger partial charge in [0.05, 0.1) is 11.4 Å². The van der Waals surface area contributed by atoms with Gasteiger partial charge in [-0.25, -0.2) is 8.42 Å². The third-order valence-electron chi connectivity index (χ3n) is 4.88. The van der Waals surface area contributed by atoms with Crippen LogP contribution in [0.2, 0.25) is 0 Å². The van der Waals surface area contributed by atoms with Crippen LogP contribution in [0.1, 0.15) is 48.8 Å². The molecule has 10 heteroatoms. The van der Waals surface area contributed by atoms with E-state index in [1.54, 1.807) is 8.87 Å². The largest absolute Gasteiger partial charge is 0.345 e. The van der Waals surface area contributed by atoms with Crippen LogP contribution in [0.15, 0.2) is 29.2 Å². The minimum absolute atomic E-state index is 0.220. The molecule has 1 saturated heterocycles. The number of H-pyrrole nitrogens is 1. The van der Waals surface area contributed by atoms with Crippen molar-refractivity contribution in [1.29, 1.82) is 0 Å². The van der Waals surface area contributed by atoms with Crippen molar-refractivity contribution < 1.29 is 13.2 Å². The summed E-state index contributed by atoms with van der Waals surface area (Å²) < 4.78 is 29.5. The van der Waals surface area contributed by atoms with Crippen molar-refractivity contribution in [2.24, 2.45) is 0 Å². The van der Waals surface area contributed by atoms with Crippen molar-refractivity contribution in [3.8, 4) is 0 Å². The van der Waals surface area contributed by atoms with E-state index in [9.17, 15) is 13.2 Å². The van der Waals surface area contributed by atoms with E-state index in [4.69, 9.17) is 12.2 Å². The van der Waals surface area contributed by atoms with Gasteiger partial charge in [-0.2, -0.15) is 9.40 Å². The Morgan fingerprint density at radius 1 is 1.18 bits per heavy atom. The molecule has 2 aromatic rings. The molecule has 0 atom stereocenters. The van der Waals surface area contributed by atoms with Gasteiger partial charge in [0, 0.05) is 25.2 Å². The second kappa shape index (κ2) is 8.97. The van der Waals surface area contributed by atoms with Gasteiger partial charge < -0.3 is 9.88 Å². The minimum atomic E-state index is -3.52. The summed E-state index contributed by atoms with van der Waals surface area (Å²) in [7, 11) is -3.52. The monoisotopic (exact) mass is 423 g/mol. The van der Waals surface area contributed by atoms with E-state index in [-0.39, 0.29) is 17.3 Å². The molecule has 0 saturated carbocycles. The van der Waals surface area contributed by atoms with Gasteiger partial charge in [0.15, 0.2) is 10.6 Å². The summed E-state index contributed by atoms with van der Waals surface area (Å²) in [6.45, 7) is 3.93. The molecule has 1 amide bonds. The van der Waals surface area contributed by atoms with Crippen LogP contribution in [0.3, 0.4) is 0 Å². The lowest BCUT2D eigenvalue weighted by atomic mass is 10.2. The van der Waals surface area contributed by atoms with Gasteiger partial charge in [0.2, 0.25) is 10.0 Å². The van der Waals surface area contributed by atoms with Crippen molar-refractivity contribution in [3.63, 3.8) is 0 Å². The fourth-order valence-corrected chi connectivity index (χ4v) is 5.08. The van der Waals surface area contributed by atoms with Crippen LogP contribution >= 0.6 is 12.2 Å². The van der Waals surface area contributed by atoms with Crippen LogP contribution in [0.5, 0.6) is 0 Å². The summed E-state index contributed by atoms with van der Waals surface area (Å²) in [5.74, 6) is 0.344. The number of carbonyl (C=O) groups excluding carboxylic acids is 1. The standard InChI is InChI=1S/C18H25N5O3S2/c1-2-23-16(20-21-18(23)27)13-19-17(24)14-7-9-15(10-8-14)28(25,26)22-11-5-3-4-6-12-22/h7-10H,2-6,11-13H2,1H3,(H,19,24)(H,21,27). The molecule has 2 heterocycles. The lowest BCUT2D eigenvalue weighted by Crippen LogP contribution is -2.32. The highest BCUT2D eigenvalue weighted by Gasteiger charge is 2.25. The van der Waals surface area contributed by atoms with Crippen molar-refractivity contribution in [2.75, 3.05) is 13.1 Å². The van der Waals surface area contributed by atoms with Gasteiger partial charge in [-0.15, -0.1) is 0 Å². The molecular weight excluding hydrogens is 398 g/mol. The molecule has 3 rings (SSSR count). The van der Waals surface area contributed by atoms with Crippen molar-refractivity contribution in [3.05, 3.63) is 40.4 Å². The van der Waals surface area contributed by atoms with Crippen molar-refractivity contribution in [1.82, 2.24) is 24.4 Å². The van der Waals surface area contributed by atoms with E-state index < -0.39 is 10.0 Å². The number of rotatable bonds is 6. The third-order valence-corrected chi connectivity index (χ3v) is 7.10. The van der Waals surface area contributed by atoms with Crippen LogP contribution in [0, 0.1) is 4.77 Å². The number of hydrogen-bond donors (Lipinski definition) is 2. The predicted molar refractivity (Wildman–Crippen MR) is 108 cm³/mol. The maximum absolute atomic E-state index is 12.8. The Labute approximate surface area is 170 Å². The number of aromatic amines is 1. The SMILES string of the molecule is CCn1c(CNC(=O)c2ccc(S(=O)(=O)N3CCCCCC3)cc2)n[nH]c1=S. The Kier molecular flexibility index (Phi) is 6.63. The number of nitrogens with one attached hydrogen (secondary N) is 2. The highest BCUT2D eigenvalue weighted by molar-refractivity contribution is 7.89. The number of sulfonamides is 1. The molecule has 152 valence electrons. The maximum Gasteiger partial charge on any atom is 0.251 e. The van der Waals surface area contributed by atoms with E-state index in [1.807, 2.05) is 6.92 Å². The Balaban J connectivity index is 1.67. The molecular formula is C18H25N5O3S2. The van der Waals surface area contributed by atoms with Crippen molar-refractivity contribution in [2.45, 2.75) is 50.6 Å². The van der Waals surface area contributed by atoms with Crippen LogP contribution < -0.4 is 5.32 Å². The average Bonchev–Trinajstić information content (AvgIpc) is 2.88. The number of aromatic nitrogens is 3. The predicted octanol–water partition coefficient (Wildman–Crippen LogP) is 2.46. The molecule has 0 aliphatic carbocycles. The zero-order valence-electron chi connectivity index (χ0n) is 15.8. The van der Waals surface area contributed by atoms with Crippen LogP contribution in [-0.2, 0) is 23.1 Å². The Hall–Kier alpha value is -2.04. The molecule has 0 unspecified atom stereocenters. The highest BCUT2D eigenvalue weighted by Crippen LogP contribution is 2.20. The van der Waals surface area contributed by atoms with Gasteiger partial charge in [-0.3, -0.25) is 9.89 Å². The van der Waals surface area contributed by atoms with Gasteiger partial charge >= 0.3 is 0 Å². The Morgan fingerprint density at radius 3 is 2.43 bits per heavy atom. The highest BCUT2D eigenvalue weighted by atomic mass is 32.2. The molecule has 1 aromatic heterocycles. The second-order valence-electron chi connectivity index (χ2n) is 6.71. The fourth-order valence-electron chi connectivity index (χ4n) is 3.28. The number of nitrogens with zero attached hydrogens (tertiary/aromatic N) is 3. The number of hydrogen-bond acceptors (Lipinski definition) is 5. The lowest BCUT2D eigenvalue weighted by Gasteiger charge is -2.20. The average molecular weight is 424 g/mol. The van der Waals surface area contributed by atoms with Gasteiger partial charge in [0.25, 0.3) is 5.91 Å². The molecule has 0 radical (unpaired) electrons. The molecule has 1 aromatic carbocycles. The van der Waals surface area contributed by atoms with E-state index in [1.165, 1.54) is 24.3 Å². The quantitative estimate of drug-likeness (QED) is 0.695. The van der Waals surface area contributed by atoms with E-state index in [0.29, 0.717) is 35.8 Å². The van der Waals surface area contributed by atoms with Gasteiger partial charge in [-0.1, -0.05) is 12.8 Å². The summed E-state index contributed by atoms with van der Waals surface area (Å²) in [4.78, 5) is 12.6. The summed E-state index contributed by atoms with van der Waals surface area (Å²) in [6, 6.07) is 6.07.